The van der Waals surface area contributed by atoms with Crippen molar-refractivity contribution in [3.63, 3.8) is 0 Å². The van der Waals surface area contributed by atoms with Crippen LogP contribution in [0.3, 0.4) is 0 Å². The van der Waals surface area contributed by atoms with Crippen LogP contribution in [-0.2, 0) is 19.6 Å². The molecule has 1 aromatic carbocycles. The molecule has 0 radical (unpaired) electrons. The van der Waals surface area contributed by atoms with E-state index in [0.717, 1.165) is 12.8 Å². The molecule has 0 aliphatic carbocycles. The van der Waals surface area contributed by atoms with E-state index in [4.69, 9.17) is 9.88 Å². The summed E-state index contributed by atoms with van der Waals surface area (Å²) < 4.78 is 28.4. The molecule has 0 saturated carbocycles. The van der Waals surface area contributed by atoms with Crippen LogP contribution in [0.1, 0.15) is 41.3 Å². The van der Waals surface area contributed by atoms with Gasteiger partial charge >= 0.3 is 5.97 Å². The lowest BCUT2D eigenvalue weighted by Gasteiger charge is -2.30. The van der Waals surface area contributed by atoms with Crippen LogP contribution < -0.4 is 5.14 Å². The van der Waals surface area contributed by atoms with Crippen LogP contribution in [0.2, 0.25) is 0 Å². The molecule has 8 heteroatoms. The quantitative estimate of drug-likeness (QED) is 0.808. The van der Waals surface area contributed by atoms with Crippen molar-refractivity contribution in [2.24, 2.45) is 11.1 Å². The second kappa shape index (κ2) is 7.53. The molecule has 1 fully saturated rings. The van der Waals surface area contributed by atoms with Crippen LogP contribution in [-0.4, -0.2) is 44.9 Å². The number of nitrogens with two attached hydrogens (primary N) is 1. The van der Waals surface area contributed by atoms with Gasteiger partial charge in [0.25, 0.3) is 5.91 Å². The molecular weight excluding hydrogens is 344 g/mol. The van der Waals surface area contributed by atoms with Crippen molar-refractivity contribution in [2.75, 3.05) is 19.7 Å². The van der Waals surface area contributed by atoms with E-state index in [9.17, 15) is 18.0 Å². The van der Waals surface area contributed by atoms with Gasteiger partial charge in [0.2, 0.25) is 10.0 Å². The lowest BCUT2D eigenvalue weighted by Crippen LogP contribution is -2.41. The number of esters is 1. The van der Waals surface area contributed by atoms with Gasteiger partial charge in [-0.25, -0.2) is 18.4 Å². The average Bonchev–Trinajstić information content (AvgIpc) is 2.53. The molecule has 2 rings (SSSR count). The Balaban J connectivity index is 2.08. The molecule has 1 aliphatic heterocycles. The Morgan fingerprint density at radius 2 is 2.00 bits per heavy atom. The van der Waals surface area contributed by atoms with E-state index in [-0.39, 0.29) is 23.0 Å². The van der Waals surface area contributed by atoms with E-state index in [1.54, 1.807) is 18.7 Å². The van der Waals surface area contributed by atoms with Crippen LogP contribution in [0.15, 0.2) is 17.0 Å². The maximum absolute atomic E-state index is 12.2. The number of amides is 1. The van der Waals surface area contributed by atoms with Crippen LogP contribution >= 0.6 is 0 Å². The van der Waals surface area contributed by atoms with Crippen molar-refractivity contribution in [1.29, 1.82) is 0 Å². The summed E-state index contributed by atoms with van der Waals surface area (Å²) in [5.41, 5.74) is 1.15. The average molecular weight is 368 g/mol. The molecule has 1 heterocycles. The third-order valence-corrected chi connectivity index (χ3v) is 5.54. The normalized spacial score (nSPS) is 18.1. The number of nitrogens with zero attached hydrogens (tertiary/aromatic N) is 1. The maximum atomic E-state index is 12.2. The van der Waals surface area contributed by atoms with Gasteiger partial charge in [0, 0.05) is 13.1 Å². The van der Waals surface area contributed by atoms with E-state index in [1.165, 1.54) is 12.1 Å². The molecule has 1 saturated heterocycles. The topological polar surface area (TPSA) is 107 Å². The van der Waals surface area contributed by atoms with Gasteiger partial charge < -0.3 is 9.64 Å². The second-order valence-electron chi connectivity index (χ2n) is 6.62. The molecular formula is C17H24N2O5S. The summed E-state index contributed by atoms with van der Waals surface area (Å²) in [5.74, 6) is -0.549. The fourth-order valence-corrected chi connectivity index (χ4v) is 3.84. The van der Waals surface area contributed by atoms with E-state index in [0.29, 0.717) is 30.1 Å². The number of likely N-dealkylation sites (tertiary alicyclic amines) is 1. The SMILES string of the molecule is Cc1cc(C(=O)OCC(=O)N2CCCC(C)C2)cc(S(N)(=O)=O)c1C. The van der Waals surface area contributed by atoms with Gasteiger partial charge in [0.05, 0.1) is 10.5 Å². The summed E-state index contributed by atoms with van der Waals surface area (Å²) in [4.78, 5) is 25.9. The predicted octanol–water partition coefficient (Wildman–Crippen LogP) is 1.37. The molecule has 0 bridgehead atoms. The van der Waals surface area contributed by atoms with Crippen molar-refractivity contribution in [2.45, 2.75) is 38.5 Å². The predicted molar refractivity (Wildman–Crippen MR) is 92.5 cm³/mol. The summed E-state index contributed by atoms with van der Waals surface area (Å²) in [6.07, 6.45) is 2.03. The smallest absolute Gasteiger partial charge is 0.338 e. The van der Waals surface area contributed by atoms with Gasteiger partial charge in [-0.3, -0.25) is 4.79 Å². The number of primary sulfonamides is 1. The van der Waals surface area contributed by atoms with Gasteiger partial charge in [0.15, 0.2) is 6.61 Å². The highest BCUT2D eigenvalue weighted by molar-refractivity contribution is 7.89. The lowest BCUT2D eigenvalue weighted by atomic mass is 10.0. The number of ether oxygens (including phenoxy) is 1. The van der Waals surface area contributed by atoms with Crippen LogP contribution in [0.25, 0.3) is 0 Å². The number of sulfonamides is 1. The fourth-order valence-electron chi connectivity index (χ4n) is 2.96. The third kappa shape index (κ3) is 4.79. The monoisotopic (exact) mass is 368 g/mol. The lowest BCUT2D eigenvalue weighted by molar-refractivity contribution is -0.136. The van der Waals surface area contributed by atoms with Crippen LogP contribution in [0, 0.1) is 19.8 Å². The first kappa shape index (κ1) is 19.4. The number of benzene rings is 1. The molecule has 7 nitrogen and oxygen atoms in total. The zero-order chi connectivity index (χ0) is 18.8. The summed E-state index contributed by atoms with van der Waals surface area (Å²) in [5, 5.41) is 5.19. The molecule has 1 amide bonds. The van der Waals surface area contributed by atoms with Crippen molar-refractivity contribution in [3.05, 3.63) is 28.8 Å². The molecule has 1 atom stereocenters. The molecule has 1 unspecified atom stereocenters. The maximum Gasteiger partial charge on any atom is 0.338 e. The van der Waals surface area contributed by atoms with Gasteiger partial charge in [-0.05, 0) is 55.9 Å². The van der Waals surface area contributed by atoms with E-state index >= 15 is 0 Å². The minimum absolute atomic E-state index is 0.0620. The summed E-state index contributed by atoms with van der Waals surface area (Å²) in [6, 6.07) is 2.72. The number of aryl methyl sites for hydroxylation is 1. The molecule has 138 valence electrons. The fraction of sp³-hybridized carbons (Fsp3) is 0.529. The Bertz CT molecular complexity index is 788. The second-order valence-corrected chi connectivity index (χ2v) is 8.15. The highest BCUT2D eigenvalue weighted by Gasteiger charge is 2.23. The molecule has 0 aromatic heterocycles. The summed E-state index contributed by atoms with van der Waals surface area (Å²) in [6.45, 7) is 6.35. The minimum atomic E-state index is -3.95. The number of carbonyl (C=O) groups is 2. The number of rotatable bonds is 4. The van der Waals surface area contributed by atoms with Crippen LogP contribution in [0.5, 0.6) is 0 Å². The van der Waals surface area contributed by atoms with Crippen molar-refractivity contribution in [1.82, 2.24) is 4.90 Å². The van der Waals surface area contributed by atoms with Crippen molar-refractivity contribution >= 4 is 21.9 Å². The van der Waals surface area contributed by atoms with E-state index in [2.05, 4.69) is 6.92 Å². The highest BCUT2D eigenvalue weighted by atomic mass is 32.2. The highest BCUT2D eigenvalue weighted by Crippen LogP contribution is 2.21. The van der Waals surface area contributed by atoms with Gasteiger partial charge in [0.1, 0.15) is 0 Å². The standard InChI is InChI=1S/C17H24N2O5S/c1-11-5-4-6-19(9-11)16(20)10-24-17(21)14-7-12(2)13(3)15(8-14)25(18,22)23/h7-8,11H,4-6,9-10H2,1-3H3,(H2,18,22,23). The first-order valence-corrected chi connectivity index (χ1v) is 9.73. The van der Waals surface area contributed by atoms with Crippen molar-refractivity contribution in [3.8, 4) is 0 Å². The molecule has 0 spiro atoms. The van der Waals surface area contributed by atoms with Gasteiger partial charge in [-0.2, -0.15) is 0 Å². The number of piperidine rings is 1. The van der Waals surface area contributed by atoms with Gasteiger partial charge in [-0.1, -0.05) is 6.92 Å². The number of carbonyl (C=O) groups excluding carboxylic acids is 2. The largest absolute Gasteiger partial charge is 0.452 e. The minimum Gasteiger partial charge on any atom is -0.452 e. The summed E-state index contributed by atoms with van der Waals surface area (Å²) >= 11 is 0. The zero-order valence-corrected chi connectivity index (χ0v) is 15.6. The number of hydrogen-bond acceptors (Lipinski definition) is 5. The third-order valence-electron chi connectivity index (χ3n) is 4.50. The summed E-state index contributed by atoms with van der Waals surface area (Å²) in [7, 11) is -3.95. The first-order valence-electron chi connectivity index (χ1n) is 8.18. The molecule has 2 N–H and O–H groups in total. The Kier molecular flexibility index (Phi) is 5.84. The van der Waals surface area contributed by atoms with E-state index in [1.807, 2.05) is 0 Å². The Morgan fingerprint density at radius 3 is 2.60 bits per heavy atom. The Hall–Kier alpha value is -1.93. The van der Waals surface area contributed by atoms with Crippen LogP contribution in [0.4, 0.5) is 0 Å². The van der Waals surface area contributed by atoms with Crippen molar-refractivity contribution < 1.29 is 22.7 Å². The molecule has 1 aromatic rings. The molecule has 25 heavy (non-hydrogen) atoms. The van der Waals surface area contributed by atoms with Gasteiger partial charge in [-0.15, -0.1) is 0 Å². The number of hydrogen-bond donors (Lipinski definition) is 1. The Morgan fingerprint density at radius 1 is 1.32 bits per heavy atom. The zero-order valence-electron chi connectivity index (χ0n) is 14.7. The first-order chi connectivity index (χ1) is 11.6. The molecule has 1 aliphatic rings. The van der Waals surface area contributed by atoms with E-state index < -0.39 is 16.0 Å². The Labute approximate surface area is 148 Å².